The number of aromatic nitrogens is 2. The fourth-order valence-corrected chi connectivity index (χ4v) is 10.1. The summed E-state index contributed by atoms with van der Waals surface area (Å²) in [5.41, 5.74) is 16.6. The Morgan fingerprint density at radius 3 is 1.93 bits per heavy atom. The summed E-state index contributed by atoms with van der Waals surface area (Å²) < 4.78 is 13.6. The normalized spacial score (nSPS) is 13.4. The maximum absolute atomic E-state index is 6.81. The number of furan rings is 2. The minimum absolute atomic E-state index is 0.0875. The summed E-state index contributed by atoms with van der Waals surface area (Å²) in [7, 11) is 0. The van der Waals surface area contributed by atoms with Gasteiger partial charge in [0.15, 0.2) is 0 Å². The van der Waals surface area contributed by atoms with Gasteiger partial charge in [0.25, 0.3) is 0 Å². The number of hydrogen-bond acceptors (Lipinski definition) is 4. The minimum atomic E-state index is -0.0875. The van der Waals surface area contributed by atoms with E-state index in [1.165, 1.54) is 38.6 Å². The molecule has 4 heteroatoms. The average molecular weight is 755 g/mol. The monoisotopic (exact) mass is 754 g/mol. The quantitative estimate of drug-likeness (QED) is 0.169. The fourth-order valence-electron chi connectivity index (χ4n) is 10.1. The van der Waals surface area contributed by atoms with Crippen molar-refractivity contribution in [2.75, 3.05) is 0 Å². The Morgan fingerprint density at radius 1 is 0.424 bits per heavy atom. The molecular weight excluding hydrogens is 721 g/mol. The summed E-state index contributed by atoms with van der Waals surface area (Å²) in [6, 6.07) is 58.4. The number of fused-ring (bicyclic) bond motifs is 15. The predicted molar refractivity (Wildman–Crippen MR) is 243 cm³/mol. The Bertz CT molecular complexity index is 3740. The maximum atomic E-state index is 6.81. The zero-order valence-corrected chi connectivity index (χ0v) is 32.4. The van der Waals surface area contributed by atoms with E-state index in [4.69, 9.17) is 18.8 Å². The first-order chi connectivity index (χ1) is 29.0. The van der Waals surface area contributed by atoms with E-state index < -0.39 is 0 Å². The highest BCUT2D eigenvalue weighted by Gasteiger charge is 2.35. The van der Waals surface area contributed by atoms with Gasteiger partial charge in [-0.3, -0.25) is 4.98 Å². The zero-order valence-electron chi connectivity index (χ0n) is 32.4. The van der Waals surface area contributed by atoms with E-state index in [2.05, 4.69) is 166 Å². The van der Waals surface area contributed by atoms with Crippen LogP contribution in [0.4, 0.5) is 0 Å². The van der Waals surface area contributed by atoms with E-state index in [0.717, 1.165) is 93.6 Å². The summed E-state index contributed by atoms with van der Waals surface area (Å²) in [6.07, 6.45) is 1.91. The summed E-state index contributed by atoms with van der Waals surface area (Å²) >= 11 is 0. The molecule has 0 radical (unpaired) electrons. The maximum Gasteiger partial charge on any atom is 0.144 e. The lowest BCUT2D eigenvalue weighted by Crippen LogP contribution is -2.14. The predicted octanol–water partition coefficient (Wildman–Crippen LogP) is 15.0. The molecule has 1 aliphatic carbocycles. The zero-order chi connectivity index (χ0) is 39.0. The van der Waals surface area contributed by atoms with E-state index in [9.17, 15) is 0 Å². The van der Waals surface area contributed by atoms with Crippen LogP contribution in [0, 0.1) is 0 Å². The lowest BCUT2D eigenvalue weighted by Gasteiger charge is -2.22. The van der Waals surface area contributed by atoms with Crippen molar-refractivity contribution in [2.24, 2.45) is 0 Å². The molecule has 59 heavy (non-hydrogen) atoms. The molecule has 0 atom stereocenters. The lowest BCUT2D eigenvalue weighted by molar-refractivity contribution is 0.660. The minimum Gasteiger partial charge on any atom is -0.456 e. The highest BCUT2D eigenvalue weighted by atomic mass is 16.3. The third kappa shape index (κ3) is 4.54. The molecular formula is C55H34N2O2. The summed E-state index contributed by atoms with van der Waals surface area (Å²) in [5.74, 6) is 0. The van der Waals surface area contributed by atoms with Crippen LogP contribution in [0.25, 0.3) is 121 Å². The molecule has 0 saturated carbocycles. The molecule has 276 valence electrons. The van der Waals surface area contributed by atoms with Crippen LogP contribution in [0.3, 0.4) is 0 Å². The van der Waals surface area contributed by atoms with Crippen molar-refractivity contribution >= 4 is 76.5 Å². The SMILES string of the molecule is CC1(C)c2ccccc2-c2ccc(-c3ccc4oc5cc6c(oc7ccccc76)c(-c6cccc(-c7cnc8c9ccccc9c9ccccc9c8n7)c6)c5c4c3)cc21. The Labute approximate surface area is 339 Å². The van der Waals surface area contributed by atoms with Crippen molar-refractivity contribution in [3.63, 3.8) is 0 Å². The summed E-state index contributed by atoms with van der Waals surface area (Å²) in [5, 5.41) is 8.72. The van der Waals surface area contributed by atoms with Gasteiger partial charge in [-0.15, -0.1) is 0 Å². The molecule has 3 aromatic heterocycles. The van der Waals surface area contributed by atoms with Crippen LogP contribution in [0.5, 0.6) is 0 Å². The van der Waals surface area contributed by atoms with Crippen molar-refractivity contribution in [2.45, 2.75) is 19.3 Å². The van der Waals surface area contributed by atoms with Crippen molar-refractivity contribution in [1.29, 1.82) is 0 Å². The van der Waals surface area contributed by atoms with E-state index >= 15 is 0 Å². The third-order valence-corrected chi connectivity index (χ3v) is 12.9. The van der Waals surface area contributed by atoms with Crippen LogP contribution in [-0.2, 0) is 5.41 Å². The molecule has 9 aromatic carbocycles. The Hall–Kier alpha value is -7.56. The van der Waals surface area contributed by atoms with Gasteiger partial charge in [0.1, 0.15) is 22.3 Å². The second-order valence-electron chi connectivity index (χ2n) is 16.5. The fraction of sp³-hybridized carbons (Fsp3) is 0.0545. The van der Waals surface area contributed by atoms with Crippen LogP contribution < -0.4 is 0 Å². The van der Waals surface area contributed by atoms with E-state index in [-0.39, 0.29) is 5.41 Å². The van der Waals surface area contributed by atoms with Gasteiger partial charge in [-0.2, -0.15) is 0 Å². The first-order valence-electron chi connectivity index (χ1n) is 20.2. The molecule has 0 saturated heterocycles. The highest BCUT2D eigenvalue weighted by Crippen LogP contribution is 2.50. The number of nitrogens with zero attached hydrogens (tertiary/aromatic N) is 2. The summed E-state index contributed by atoms with van der Waals surface area (Å²) in [4.78, 5) is 10.4. The molecule has 4 nitrogen and oxygen atoms in total. The van der Waals surface area contributed by atoms with Crippen LogP contribution in [0.15, 0.2) is 179 Å². The van der Waals surface area contributed by atoms with Crippen molar-refractivity contribution < 1.29 is 8.83 Å². The van der Waals surface area contributed by atoms with Gasteiger partial charge in [-0.25, -0.2) is 4.98 Å². The Kier molecular flexibility index (Phi) is 6.48. The number of rotatable bonds is 3. The van der Waals surface area contributed by atoms with Gasteiger partial charge in [-0.05, 0) is 86.1 Å². The largest absolute Gasteiger partial charge is 0.456 e. The van der Waals surface area contributed by atoms with E-state index in [1.807, 2.05) is 18.3 Å². The molecule has 0 amide bonds. The van der Waals surface area contributed by atoms with Gasteiger partial charge < -0.3 is 8.83 Å². The lowest BCUT2D eigenvalue weighted by atomic mass is 9.81. The molecule has 13 rings (SSSR count). The molecule has 12 aromatic rings. The van der Waals surface area contributed by atoms with Crippen LogP contribution in [0.1, 0.15) is 25.0 Å². The van der Waals surface area contributed by atoms with Gasteiger partial charge in [0.05, 0.1) is 22.9 Å². The second-order valence-corrected chi connectivity index (χ2v) is 16.5. The molecule has 0 N–H and O–H groups in total. The van der Waals surface area contributed by atoms with Gasteiger partial charge in [0.2, 0.25) is 0 Å². The van der Waals surface area contributed by atoms with Gasteiger partial charge in [0, 0.05) is 48.9 Å². The first-order valence-corrected chi connectivity index (χ1v) is 20.2. The molecule has 0 aliphatic heterocycles. The molecule has 1 aliphatic rings. The third-order valence-electron chi connectivity index (χ3n) is 12.9. The van der Waals surface area contributed by atoms with Crippen molar-refractivity contribution in [1.82, 2.24) is 9.97 Å². The van der Waals surface area contributed by atoms with Crippen molar-refractivity contribution in [3.8, 4) is 44.6 Å². The highest BCUT2D eigenvalue weighted by molar-refractivity contribution is 6.25. The van der Waals surface area contributed by atoms with Crippen LogP contribution in [0.2, 0.25) is 0 Å². The molecule has 3 heterocycles. The number of para-hydroxylation sites is 1. The Balaban J connectivity index is 1.03. The van der Waals surface area contributed by atoms with Crippen molar-refractivity contribution in [3.05, 3.63) is 181 Å². The second kappa shape index (κ2) is 11.7. The molecule has 0 fully saturated rings. The van der Waals surface area contributed by atoms with E-state index in [1.54, 1.807) is 0 Å². The van der Waals surface area contributed by atoms with Crippen LogP contribution in [-0.4, -0.2) is 9.97 Å². The Morgan fingerprint density at radius 2 is 1.08 bits per heavy atom. The molecule has 0 spiro atoms. The van der Waals surface area contributed by atoms with E-state index in [0.29, 0.717) is 0 Å². The topological polar surface area (TPSA) is 52.1 Å². The summed E-state index contributed by atoms with van der Waals surface area (Å²) in [6.45, 7) is 4.67. The molecule has 0 bridgehead atoms. The van der Waals surface area contributed by atoms with Gasteiger partial charge >= 0.3 is 0 Å². The average Bonchev–Trinajstić information content (AvgIpc) is 3.92. The number of benzene rings is 9. The van der Waals surface area contributed by atoms with Gasteiger partial charge in [-0.1, -0.05) is 141 Å². The number of hydrogen-bond donors (Lipinski definition) is 0. The smallest absolute Gasteiger partial charge is 0.144 e. The standard InChI is InChI=1S/C55H34N2O2/c1-55(2)44-20-9-7-16-37(44)38-24-22-32(28-45(38)55)31-23-25-48-43(27-31)51-49(58-48)29-42-39-17-8-10-21-47(39)59-54(42)50(51)34-13-11-12-33(26-34)46-30-56-52-40-18-5-3-14-35(40)36-15-4-6-19-41(36)53(52)57-46/h3-30H,1-2H3. The molecule has 0 unspecified atom stereocenters. The first kappa shape index (κ1) is 32.5. The van der Waals surface area contributed by atoms with Crippen LogP contribution >= 0.6 is 0 Å².